The van der Waals surface area contributed by atoms with Gasteiger partial charge in [0.15, 0.2) is 0 Å². The first-order chi connectivity index (χ1) is 14.6. The average Bonchev–Trinajstić information content (AvgIpc) is 3.14. The fourth-order valence-corrected chi connectivity index (χ4v) is 4.28. The van der Waals surface area contributed by atoms with Gasteiger partial charge in [0.1, 0.15) is 16.5 Å². The zero-order chi connectivity index (χ0) is 20.9. The van der Waals surface area contributed by atoms with Crippen molar-refractivity contribution in [3.8, 4) is 22.1 Å². The predicted molar refractivity (Wildman–Crippen MR) is 121 cm³/mol. The highest BCUT2D eigenvalue weighted by atomic mass is 35.5. The zero-order valence-electron chi connectivity index (χ0n) is 16.3. The number of para-hydroxylation sites is 2. The van der Waals surface area contributed by atoms with E-state index in [1.165, 1.54) is 11.3 Å². The molecule has 0 fully saturated rings. The van der Waals surface area contributed by atoms with Gasteiger partial charge in [0.2, 0.25) is 0 Å². The number of ether oxygens (including phenoxy) is 1. The van der Waals surface area contributed by atoms with Crippen molar-refractivity contribution in [1.82, 2.24) is 10.3 Å². The van der Waals surface area contributed by atoms with E-state index < -0.39 is 0 Å². The van der Waals surface area contributed by atoms with Gasteiger partial charge in [-0.2, -0.15) is 0 Å². The summed E-state index contributed by atoms with van der Waals surface area (Å²) in [5.41, 5.74) is 2.25. The van der Waals surface area contributed by atoms with Gasteiger partial charge in [-0.05, 0) is 37.3 Å². The quantitative estimate of drug-likeness (QED) is 0.377. The molecule has 0 bridgehead atoms. The lowest BCUT2D eigenvalue weighted by Gasteiger charge is -2.11. The molecule has 0 saturated carbocycles. The van der Waals surface area contributed by atoms with Crippen molar-refractivity contribution in [1.29, 1.82) is 0 Å². The van der Waals surface area contributed by atoms with E-state index >= 15 is 0 Å². The monoisotopic (exact) mass is 434 g/mol. The highest BCUT2D eigenvalue weighted by molar-refractivity contribution is 7.15. The Balaban J connectivity index is 1.49. The second-order valence-electron chi connectivity index (χ2n) is 6.60. The highest BCUT2D eigenvalue weighted by Crippen LogP contribution is 2.33. The third-order valence-corrected chi connectivity index (χ3v) is 6.03. The SMILES string of the molecule is Cc1nc(-c2ccccc2Cl)sc1CNC(=O)c1ccccc1Oc1ccccc1. The molecule has 4 rings (SSSR count). The second-order valence-corrected chi connectivity index (χ2v) is 8.09. The minimum absolute atomic E-state index is 0.200. The van der Waals surface area contributed by atoms with Gasteiger partial charge in [0, 0.05) is 10.4 Å². The van der Waals surface area contributed by atoms with Crippen LogP contribution in [-0.4, -0.2) is 10.9 Å². The van der Waals surface area contributed by atoms with Gasteiger partial charge in [-0.25, -0.2) is 4.98 Å². The van der Waals surface area contributed by atoms with Crippen LogP contribution in [0, 0.1) is 6.92 Å². The Labute approximate surface area is 184 Å². The third kappa shape index (κ3) is 4.53. The Bertz CT molecular complexity index is 1170. The Morgan fingerprint density at radius 1 is 1.00 bits per heavy atom. The summed E-state index contributed by atoms with van der Waals surface area (Å²) in [6, 6.07) is 24.2. The van der Waals surface area contributed by atoms with Gasteiger partial charge in [0.25, 0.3) is 5.91 Å². The van der Waals surface area contributed by atoms with Crippen LogP contribution in [0.1, 0.15) is 20.9 Å². The number of carbonyl (C=O) groups excluding carboxylic acids is 1. The molecule has 0 atom stereocenters. The molecule has 0 spiro atoms. The summed E-state index contributed by atoms with van der Waals surface area (Å²) >= 11 is 7.82. The van der Waals surface area contributed by atoms with Crippen LogP contribution < -0.4 is 10.1 Å². The second kappa shape index (κ2) is 9.11. The Morgan fingerprint density at radius 2 is 1.70 bits per heavy atom. The number of nitrogens with zero attached hydrogens (tertiary/aromatic N) is 1. The summed E-state index contributed by atoms with van der Waals surface area (Å²) in [5.74, 6) is 0.994. The van der Waals surface area contributed by atoms with Crippen molar-refractivity contribution < 1.29 is 9.53 Å². The minimum Gasteiger partial charge on any atom is -0.457 e. The van der Waals surface area contributed by atoms with E-state index in [4.69, 9.17) is 16.3 Å². The normalized spacial score (nSPS) is 10.6. The van der Waals surface area contributed by atoms with Crippen molar-refractivity contribution in [2.45, 2.75) is 13.5 Å². The molecule has 3 aromatic carbocycles. The molecular weight excluding hydrogens is 416 g/mol. The van der Waals surface area contributed by atoms with E-state index in [0.29, 0.717) is 28.6 Å². The van der Waals surface area contributed by atoms with Gasteiger partial charge < -0.3 is 10.1 Å². The molecule has 150 valence electrons. The molecule has 0 aliphatic carbocycles. The molecule has 30 heavy (non-hydrogen) atoms. The topological polar surface area (TPSA) is 51.2 Å². The van der Waals surface area contributed by atoms with Crippen molar-refractivity contribution in [3.05, 3.63) is 100 Å². The van der Waals surface area contributed by atoms with Gasteiger partial charge in [-0.3, -0.25) is 4.79 Å². The summed E-state index contributed by atoms with van der Waals surface area (Å²) in [4.78, 5) is 18.5. The maximum Gasteiger partial charge on any atom is 0.255 e. The summed E-state index contributed by atoms with van der Waals surface area (Å²) in [5, 5.41) is 4.48. The average molecular weight is 435 g/mol. The van der Waals surface area contributed by atoms with E-state index in [9.17, 15) is 4.79 Å². The Morgan fingerprint density at radius 3 is 2.50 bits per heavy atom. The molecular formula is C24H19ClN2O2S. The van der Waals surface area contributed by atoms with Crippen LogP contribution in [0.5, 0.6) is 11.5 Å². The van der Waals surface area contributed by atoms with Crippen molar-refractivity contribution in [3.63, 3.8) is 0 Å². The van der Waals surface area contributed by atoms with Crippen LogP contribution in [0.3, 0.4) is 0 Å². The third-order valence-electron chi connectivity index (χ3n) is 4.51. The molecule has 0 aliphatic heterocycles. The number of nitrogens with one attached hydrogen (secondary N) is 1. The molecule has 1 aromatic heterocycles. The highest BCUT2D eigenvalue weighted by Gasteiger charge is 2.16. The van der Waals surface area contributed by atoms with E-state index in [1.54, 1.807) is 12.1 Å². The lowest BCUT2D eigenvalue weighted by molar-refractivity contribution is 0.0949. The smallest absolute Gasteiger partial charge is 0.255 e. The number of hydrogen-bond donors (Lipinski definition) is 1. The predicted octanol–water partition coefficient (Wildman–Crippen LogP) is 6.49. The molecule has 1 N–H and O–H groups in total. The van der Waals surface area contributed by atoms with Crippen LogP contribution in [0.4, 0.5) is 0 Å². The Kier molecular flexibility index (Phi) is 6.12. The molecule has 0 aliphatic rings. The van der Waals surface area contributed by atoms with E-state index in [-0.39, 0.29) is 5.91 Å². The number of amides is 1. The molecule has 1 heterocycles. The standard InChI is InChI=1S/C24H19ClN2O2S/c1-16-22(30-24(27-16)18-11-5-7-13-20(18)25)15-26-23(28)19-12-6-8-14-21(19)29-17-9-3-2-4-10-17/h2-14H,15H2,1H3,(H,26,28). The lowest BCUT2D eigenvalue weighted by atomic mass is 10.2. The summed E-state index contributed by atoms with van der Waals surface area (Å²) in [7, 11) is 0. The first-order valence-electron chi connectivity index (χ1n) is 9.43. The molecule has 0 unspecified atom stereocenters. The van der Waals surface area contributed by atoms with Crippen molar-refractivity contribution in [2.75, 3.05) is 0 Å². The summed E-state index contributed by atoms with van der Waals surface area (Å²) in [6.45, 7) is 2.32. The van der Waals surface area contributed by atoms with Gasteiger partial charge in [0.05, 0.1) is 22.8 Å². The number of aromatic nitrogens is 1. The van der Waals surface area contributed by atoms with Crippen LogP contribution in [0.15, 0.2) is 78.9 Å². The number of halogens is 1. The first kappa shape index (κ1) is 20.1. The molecule has 0 radical (unpaired) electrons. The summed E-state index contributed by atoms with van der Waals surface area (Å²) in [6.07, 6.45) is 0. The van der Waals surface area contributed by atoms with Crippen LogP contribution in [0.2, 0.25) is 5.02 Å². The Hall–Kier alpha value is -3.15. The number of hydrogen-bond acceptors (Lipinski definition) is 4. The van der Waals surface area contributed by atoms with Gasteiger partial charge in [-0.15, -0.1) is 11.3 Å². The maximum atomic E-state index is 12.8. The molecule has 4 aromatic rings. The van der Waals surface area contributed by atoms with E-state index in [0.717, 1.165) is 21.1 Å². The fraction of sp³-hybridized carbons (Fsp3) is 0.0833. The van der Waals surface area contributed by atoms with E-state index in [1.807, 2.05) is 73.7 Å². The van der Waals surface area contributed by atoms with Crippen LogP contribution in [-0.2, 0) is 6.54 Å². The molecule has 4 nitrogen and oxygen atoms in total. The molecule has 6 heteroatoms. The largest absolute Gasteiger partial charge is 0.457 e. The number of carbonyl (C=O) groups is 1. The lowest BCUT2D eigenvalue weighted by Crippen LogP contribution is -2.23. The van der Waals surface area contributed by atoms with Gasteiger partial charge in [-0.1, -0.05) is 60.1 Å². The summed E-state index contributed by atoms with van der Waals surface area (Å²) < 4.78 is 5.90. The maximum absolute atomic E-state index is 12.8. The van der Waals surface area contributed by atoms with Crippen LogP contribution in [0.25, 0.3) is 10.6 Å². The van der Waals surface area contributed by atoms with Crippen LogP contribution >= 0.6 is 22.9 Å². The zero-order valence-corrected chi connectivity index (χ0v) is 17.8. The number of benzene rings is 3. The van der Waals surface area contributed by atoms with E-state index in [2.05, 4.69) is 10.3 Å². The first-order valence-corrected chi connectivity index (χ1v) is 10.6. The van der Waals surface area contributed by atoms with Crippen molar-refractivity contribution >= 4 is 28.8 Å². The van der Waals surface area contributed by atoms with Gasteiger partial charge >= 0.3 is 0 Å². The molecule has 1 amide bonds. The number of thiazole rings is 1. The number of rotatable bonds is 6. The molecule has 0 saturated heterocycles. The van der Waals surface area contributed by atoms with Crippen molar-refractivity contribution in [2.24, 2.45) is 0 Å². The fourth-order valence-electron chi connectivity index (χ4n) is 2.96. The number of aryl methyl sites for hydroxylation is 1. The minimum atomic E-state index is -0.200.